The molecule has 1 aliphatic rings. The summed E-state index contributed by atoms with van der Waals surface area (Å²) in [6.45, 7) is 3.69. The van der Waals surface area contributed by atoms with Gasteiger partial charge in [-0.2, -0.15) is 0 Å². The smallest absolute Gasteiger partial charge is 0.306 e. The van der Waals surface area contributed by atoms with Gasteiger partial charge in [0.1, 0.15) is 0 Å². The number of unbranched alkanes of at least 4 members (excludes halogenated alkanes) is 1. The molecule has 0 spiro atoms. The van der Waals surface area contributed by atoms with Crippen molar-refractivity contribution in [3.63, 3.8) is 0 Å². The topological polar surface area (TPSA) is 87.0 Å². The summed E-state index contributed by atoms with van der Waals surface area (Å²) in [7, 11) is 0. The number of esters is 1. The van der Waals surface area contributed by atoms with Gasteiger partial charge >= 0.3 is 5.97 Å². The van der Waals surface area contributed by atoms with Gasteiger partial charge in [0.15, 0.2) is 0 Å². The molecule has 3 N–H and O–H groups in total. The van der Waals surface area contributed by atoms with Crippen molar-refractivity contribution in [3.05, 3.63) is 48.0 Å². The second-order valence-corrected chi connectivity index (χ2v) is 9.09. The summed E-state index contributed by atoms with van der Waals surface area (Å²) >= 11 is 0. The monoisotopic (exact) mass is 432 g/mol. The van der Waals surface area contributed by atoms with Crippen molar-refractivity contribution in [2.75, 3.05) is 0 Å². The van der Waals surface area contributed by atoms with Gasteiger partial charge in [-0.1, -0.05) is 42.5 Å². The Bertz CT molecular complexity index is 657. The summed E-state index contributed by atoms with van der Waals surface area (Å²) in [6, 6.07) is 10.1. The molecule has 0 heterocycles. The summed E-state index contributed by atoms with van der Waals surface area (Å²) in [6.07, 6.45) is 8.58. The summed E-state index contributed by atoms with van der Waals surface area (Å²) < 4.78 is 5.12. The lowest BCUT2D eigenvalue weighted by molar-refractivity contribution is -0.147. The van der Waals surface area contributed by atoms with Crippen LogP contribution in [0.2, 0.25) is 0 Å². The Hall–Kier alpha value is -1.69. The third-order valence-corrected chi connectivity index (χ3v) is 6.16. The van der Waals surface area contributed by atoms with E-state index in [9.17, 15) is 20.1 Å². The van der Waals surface area contributed by atoms with E-state index in [2.05, 4.69) is 18.2 Å². The van der Waals surface area contributed by atoms with Gasteiger partial charge < -0.3 is 20.1 Å². The molecule has 1 saturated carbocycles. The number of carbonyl (C=O) groups excluding carboxylic acids is 1. The van der Waals surface area contributed by atoms with Crippen molar-refractivity contribution in [1.82, 2.24) is 0 Å². The van der Waals surface area contributed by atoms with Gasteiger partial charge in [0.25, 0.3) is 0 Å². The molecule has 1 aliphatic carbocycles. The second-order valence-electron chi connectivity index (χ2n) is 9.09. The zero-order valence-corrected chi connectivity index (χ0v) is 19.0. The van der Waals surface area contributed by atoms with Crippen LogP contribution in [0.4, 0.5) is 0 Å². The largest absolute Gasteiger partial charge is 0.463 e. The number of hydrogen-bond acceptors (Lipinski definition) is 5. The van der Waals surface area contributed by atoms with Crippen molar-refractivity contribution in [2.45, 2.75) is 96.1 Å². The Morgan fingerprint density at radius 1 is 1.10 bits per heavy atom. The Balaban J connectivity index is 1.70. The lowest BCUT2D eigenvalue weighted by Crippen LogP contribution is -2.23. The van der Waals surface area contributed by atoms with E-state index in [4.69, 9.17) is 4.74 Å². The predicted octanol–water partition coefficient (Wildman–Crippen LogP) is 4.19. The van der Waals surface area contributed by atoms with E-state index in [1.54, 1.807) is 0 Å². The number of rotatable bonds is 13. The summed E-state index contributed by atoms with van der Waals surface area (Å²) in [5.74, 6) is -0.144. The first-order chi connectivity index (χ1) is 14.9. The zero-order valence-electron chi connectivity index (χ0n) is 19.0. The third kappa shape index (κ3) is 9.55. The van der Waals surface area contributed by atoms with E-state index in [1.807, 2.05) is 38.1 Å². The fourth-order valence-corrected chi connectivity index (χ4v) is 4.47. The van der Waals surface area contributed by atoms with Gasteiger partial charge in [0, 0.05) is 6.42 Å². The van der Waals surface area contributed by atoms with Gasteiger partial charge in [-0.25, -0.2) is 0 Å². The third-order valence-electron chi connectivity index (χ3n) is 6.16. The Kier molecular flexibility index (Phi) is 11.3. The minimum absolute atomic E-state index is 0.00652. The first-order valence-corrected chi connectivity index (χ1v) is 11.8. The molecule has 0 bridgehead atoms. The van der Waals surface area contributed by atoms with E-state index >= 15 is 0 Å². The predicted molar refractivity (Wildman–Crippen MR) is 122 cm³/mol. The summed E-state index contributed by atoms with van der Waals surface area (Å²) in [5.41, 5.74) is 1.22. The number of aliphatic hydroxyl groups is 3. The molecule has 31 heavy (non-hydrogen) atoms. The molecule has 1 aromatic carbocycles. The molecule has 0 radical (unpaired) electrons. The Morgan fingerprint density at radius 3 is 2.52 bits per heavy atom. The first-order valence-electron chi connectivity index (χ1n) is 11.8. The van der Waals surface area contributed by atoms with Crippen LogP contribution in [-0.2, 0) is 16.0 Å². The quantitative estimate of drug-likeness (QED) is 0.247. The minimum atomic E-state index is -0.513. The maximum Gasteiger partial charge on any atom is 0.306 e. The summed E-state index contributed by atoms with van der Waals surface area (Å²) in [4.78, 5) is 11.5. The molecular weight excluding hydrogens is 392 g/mol. The average Bonchev–Trinajstić information content (AvgIpc) is 3.00. The number of allylic oxidation sites excluding steroid dienone is 2. The number of ether oxygens (including phenoxy) is 1. The van der Waals surface area contributed by atoms with Gasteiger partial charge in [-0.05, 0) is 82.6 Å². The molecule has 5 nitrogen and oxygen atoms in total. The highest BCUT2D eigenvalue weighted by Gasteiger charge is 2.40. The molecule has 1 fully saturated rings. The van der Waals surface area contributed by atoms with Crippen LogP contribution in [0.5, 0.6) is 0 Å². The van der Waals surface area contributed by atoms with Crippen LogP contribution in [0.15, 0.2) is 42.5 Å². The Labute approximate surface area is 187 Å². The normalized spacial score (nSPS) is 24.7. The van der Waals surface area contributed by atoms with E-state index in [1.165, 1.54) is 5.56 Å². The van der Waals surface area contributed by atoms with Crippen LogP contribution in [-0.4, -0.2) is 45.7 Å². The van der Waals surface area contributed by atoms with Gasteiger partial charge in [-0.3, -0.25) is 4.79 Å². The average molecular weight is 433 g/mol. The molecule has 0 aromatic heterocycles. The van der Waals surface area contributed by atoms with Gasteiger partial charge in [-0.15, -0.1) is 0 Å². The van der Waals surface area contributed by atoms with Gasteiger partial charge in [0.2, 0.25) is 0 Å². The molecule has 0 aliphatic heterocycles. The van der Waals surface area contributed by atoms with Gasteiger partial charge in [0.05, 0.1) is 24.4 Å². The second kappa shape index (κ2) is 13.7. The van der Waals surface area contributed by atoms with E-state index < -0.39 is 18.3 Å². The maximum absolute atomic E-state index is 11.5. The van der Waals surface area contributed by atoms with Crippen LogP contribution >= 0.6 is 0 Å². The fraction of sp³-hybridized carbons (Fsp3) is 0.654. The van der Waals surface area contributed by atoms with Crippen molar-refractivity contribution in [1.29, 1.82) is 0 Å². The molecule has 5 heteroatoms. The summed E-state index contributed by atoms with van der Waals surface area (Å²) in [5, 5.41) is 31.2. The van der Waals surface area contributed by atoms with Crippen LogP contribution in [0.1, 0.15) is 70.8 Å². The van der Waals surface area contributed by atoms with Crippen molar-refractivity contribution in [3.8, 4) is 0 Å². The van der Waals surface area contributed by atoms with E-state index in [0.29, 0.717) is 38.5 Å². The standard InChI is InChI=1S/C26H40O5/c1-19(2)31-26(30)13-9-4-3-8-12-22-23(25(29)18-24(22)28)17-16-21(27)15-14-20-10-6-5-7-11-20/h3,5-8,10-11,19,21-25,27-29H,4,9,12-18H2,1-2H3/b8-3-/t21-,22?,23+,24?,25?/m0/s1. The maximum atomic E-state index is 11.5. The molecule has 174 valence electrons. The van der Waals surface area contributed by atoms with Crippen molar-refractivity contribution >= 4 is 5.97 Å². The van der Waals surface area contributed by atoms with Crippen molar-refractivity contribution in [2.24, 2.45) is 11.8 Å². The molecule has 1 aromatic rings. The highest BCUT2D eigenvalue weighted by molar-refractivity contribution is 5.69. The highest BCUT2D eigenvalue weighted by atomic mass is 16.5. The van der Waals surface area contributed by atoms with E-state index in [-0.39, 0.29) is 23.9 Å². The molecule has 5 atom stereocenters. The van der Waals surface area contributed by atoms with Crippen LogP contribution in [0, 0.1) is 11.8 Å². The number of aryl methyl sites for hydroxylation is 1. The fourth-order valence-electron chi connectivity index (χ4n) is 4.47. The first kappa shape index (κ1) is 25.6. The molecule has 3 unspecified atom stereocenters. The number of carbonyl (C=O) groups is 1. The molecule has 0 amide bonds. The Morgan fingerprint density at radius 2 is 1.81 bits per heavy atom. The van der Waals surface area contributed by atoms with Crippen LogP contribution in [0.3, 0.4) is 0 Å². The molecular formula is C26H40O5. The molecule has 2 rings (SSSR count). The minimum Gasteiger partial charge on any atom is -0.463 e. The van der Waals surface area contributed by atoms with Crippen LogP contribution < -0.4 is 0 Å². The zero-order chi connectivity index (χ0) is 22.6. The van der Waals surface area contributed by atoms with E-state index in [0.717, 1.165) is 19.3 Å². The number of hydrogen-bond donors (Lipinski definition) is 3. The van der Waals surface area contributed by atoms with Crippen molar-refractivity contribution < 1.29 is 24.9 Å². The van der Waals surface area contributed by atoms with Crippen LogP contribution in [0.25, 0.3) is 0 Å². The number of aliphatic hydroxyl groups excluding tert-OH is 3. The lowest BCUT2D eigenvalue weighted by Gasteiger charge is -2.23. The number of benzene rings is 1. The SMILES string of the molecule is CC(C)OC(=O)CCC/C=C\CC1C(O)CC(O)[C@@H]1CC[C@@H](O)CCc1ccccc1. The lowest BCUT2D eigenvalue weighted by atomic mass is 9.85. The highest BCUT2D eigenvalue weighted by Crippen LogP contribution is 2.38. The molecule has 0 saturated heterocycles.